The highest BCUT2D eigenvalue weighted by molar-refractivity contribution is 9.10. The first kappa shape index (κ1) is 10.8. The molecule has 0 radical (unpaired) electrons. The molecule has 1 aromatic heterocycles. The molecule has 1 fully saturated rings. The van der Waals surface area contributed by atoms with Gasteiger partial charge in [0.25, 0.3) is 0 Å². The fourth-order valence-corrected chi connectivity index (χ4v) is 2.83. The van der Waals surface area contributed by atoms with Crippen molar-refractivity contribution >= 4 is 21.7 Å². The number of rotatable bonds is 2. The van der Waals surface area contributed by atoms with Crippen molar-refractivity contribution in [2.75, 3.05) is 0 Å². The lowest BCUT2D eigenvalue weighted by atomic mass is 9.92. The first-order chi connectivity index (χ1) is 7.11. The normalized spacial score (nSPS) is 25.8. The number of hydrogen-bond acceptors (Lipinski definition) is 3. The molecule has 1 saturated carbocycles. The monoisotopic (exact) mass is 271 g/mol. The Morgan fingerprint density at radius 3 is 2.73 bits per heavy atom. The van der Waals surface area contributed by atoms with E-state index in [-0.39, 0.29) is 11.7 Å². The van der Waals surface area contributed by atoms with Crippen molar-refractivity contribution in [3.05, 3.63) is 10.3 Å². The van der Waals surface area contributed by atoms with E-state index >= 15 is 0 Å². The highest BCUT2D eigenvalue weighted by atomic mass is 79.9. The van der Waals surface area contributed by atoms with E-state index in [1.807, 2.05) is 0 Å². The van der Waals surface area contributed by atoms with E-state index in [0.29, 0.717) is 16.2 Å². The summed E-state index contributed by atoms with van der Waals surface area (Å²) >= 11 is 3.27. The van der Waals surface area contributed by atoms with Gasteiger partial charge in [-0.15, -0.1) is 5.10 Å². The Labute approximate surface area is 97.2 Å². The fraction of sp³-hybridized carbons (Fsp3) is 0.700. The minimum absolute atomic E-state index is 0.151. The molecule has 4 nitrogen and oxygen atoms in total. The minimum Gasteiger partial charge on any atom is -0.292 e. The molecule has 2 rings (SSSR count). The van der Waals surface area contributed by atoms with E-state index in [4.69, 9.17) is 0 Å². The van der Waals surface area contributed by atoms with Gasteiger partial charge in [-0.25, -0.2) is 4.68 Å². The molecule has 0 spiro atoms. The number of halogens is 1. The van der Waals surface area contributed by atoms with Crippen molar-refractivity contribution in [3.8, 4) is 0 Å². The summed E-state index contributed by atoms with van der Waals surface area (Å²) in [5.74, 6) is 0.817. The summed E-state index contributed by atoms with van der Waals surface area (Å²) < 4.78 is 2.12. The van der Waals surface area contributed by atoms with Gasteiger partial charge < -0.3 is 0 Å². The molecule has 0 amide bonds. The molecule has 1 aliphatic carbocycles. The van der Waals surface area contributed by atoms with Gasteiger partial charge in [-0.3, -0.25) is 4.79 Å². The highest BCUT2D eigenvalue weighted by Gasteiger charge is 2.33. The van der Waals surface area contributed by atoms with Crippen LogP contribution in [0.4, 0.5) is 0 Å². The summed E-state index contributed by atoms with van der Waals surface area (Å²) in [4.78, 5) is 12.2. The van der Waals surface area contributed by atoms with Gasteiger partial charge in [-0.1, -0.05) is 18.6 Å². The fourth-order valence-electron chi connectivity index (χ4n) is 2.30. The van der Waals surface area contributed by atoms with Crippen LogP contribution in [0.25, 0.3) is 0 Å². The minimum atomic E-state index is 0.151. The van der Waals surface area contributed by atoms with Crippen LogP contribution < -0.4 is 0 Å². The van der Waals surface area contributed by atoms with Crippen LogP contribution in [-0.4, -0.2) is 20.8 Å². The van der Waals surface area contributed by atoms with Crippen LogP contribution >= 0.6 is 15.9 Å². The summed E-state index contributed by atoms with van der Waals surface area (Å²) in [6.07, 6.45) is 3.30. The molecular weight excluding hydrogens is 258 g/mol. The Kier molecular flexibility index (Phi) is 2.91. The Bertz CT molecular complexity index is 369. The average molecular weight is 272 g/mol. The third-order valence-electron chi connectivity index (χ3n) is 3.22. The van der Waals surface area contributed by atoms with Crippen LogP contribution in [0, 0.1) is 11.8 Å². The predicted octanol–water partition coefficient (Wildman–Crippen LogP) is 2.20. The Morgan fingerprint density at radius 2 is 2.27 bits per heavy atom. The maximum absolute atomic E-state index is 12.2. The van der Waals surface area contributed by atoms with Crippen LogP contribution in [0.15, 0.2) is 4.60 Å². The van der Waals surface area contributed by atoms with Crippen molar-refractivity contribution in [3.63, 3.8) is 0 Å². The molecule has 0 N–H and O–H groups in total. The van der Waals surface area contributed by atoms with E-state index in [2.05, 4.69) is 33.2 Å². The second-order valence-corrected chi connectivity index (χ2v) is 4.98. The predicted molar refractivity (Wildman–Crippen MR) is 59.5 cm³/mol. The topological polar surface area (TPSA) is 47.8 Å². The largest absolute Gasteiger partial charge is 0.292 e. The zero-order valence-electron chi connectivity index (χ0n) is 8.90. The quantitative estimate of drug-likeness (QED) is 0.775. The number of Topliss-reactive ketones (excluding diaryl/α,β-unsaturated/α-hetero) is 1. The number of hydrogen-bond donors (Lipinski definition) is 0. The molecule has 82 valence electrons. The second kappa shape index (κ2) is 4.04. The maximum Gasteiger partial charge on any atom is 0.187 e. The van der Waals surface area contributed by atoms with Gasteiger partial charge in [0.2, 0.25) is 0 Å². The second-order valence-electron chi connectivity index (χ2n) is 4.23. The van der Waals surface area contributed by atoms with E-state index in [1.54, 1.807) is 11.7 Å². The summed E-state index contributed by atoms with van der Waals surface area (Å²) in [5.41, 5.74) is 0.605. The molecule has 5 heteroatoms. The Balaban J connectivity index is 2.28. The van der Waals surface area contributed by atoms with Crippen molar-refractivity contribution in [1.29, 1.82) is 0 Å². The molecule has 2 atom stereocenters. The van der Waals surface area contributed by atoms with Crippen LogP contribution in [0.5, 0.6) is 0 Å². The molecule has 0 saturated heterocycles. The third-order valence-corrected chi connectivity index (χ3v) is 3.75. The first-order valence-corrected chi connectivity index (χ1v) is 6.00. The highest BCUT2D eigenvalue weighted by Crippen LogP contribution is 2.34. The van der Waals surface area contributed by atoms with Gasteiger partial charge in [-0.2, -0.15) is 0 Å². The van der Waals surface area contributed by atoms with Gasteiger partial charge in [0.05, 0.1) is 0 Å². The Hall–Kier alpha value is -0.710. The summed E-state index contributed by atoms with van der Waals surface area (Å²) in [7, 11) is 1.75. The lowest BCUT2D eigenvalue weighted by Crippen LogP contribution is -2.20. The smallest absolute Gasteiger partial charge is 0.187 e. The van der Waals surface area contributed by atoms with Gasteiger partial charge >= 0.3 is 0 Å². The molecule has 2 unspecified atom stereocenters. The zero-order chi connectivity index (χ0) is 11.0. The third kappa shape index (κ3) is 1.85. The van der Waals surface area contributed by atoms with Crippen LogP contribution in [0.3, 0.4) is 0 Å². The van der Waals surface area contributed by atoms with E-state index in [9.17, 15) is 4.79 Å². The molecule has 0 bridgehead atoms. The summed E-state index contributed by atoms with van der Waals surface area (Å²) in [6.45, 7) is 2.15. The number of ketones is 1. The summed E-state index contributed by atoms with van der Waals surface area (Å²) in [5, 5.41) is 7.68. The van der Waals surface area contributed by atoms with Crippen molar-refractivity contribution in [1.82, 2.24) is 15.0 Å². The van der Waals surface area contributed by atoms with Gasteiger partial charge in [0.15, 0.2) is 10.4 Å². The first-order valence-electron chi connectivity index (χ1n) is 5.20. The van der Waals surface area contributed by atoms with Crippen molar-refractivity contribution < 1.29 is 4.79 Å². The van der Waals surface area contributed by atoms with Gasteiger partial charge in [0, 0.05) is 13.0 Å². The number of carbonyl (C=O) groups is 1. The lowest BCUT2D eigenvalue weighted by Gasteiger charge is -2.13. The van der Waals surface area contributed by atoms with Crippen molar-refractivity contribution in [2.24, 2.45) is 18.9 Å². The number of aryl methyl sites for hydroxylation is 1. The van der Waals surface area contributed by atoms with Crippen LogP contribution in [0.1, 0.15) is 36.7 Å². The van der Waals surface area contributed by atoms with Gasteiger partial charge in [0.1, 0.15) is 5.69 Å². The van der Waals surface area contributed by atoms with Crippen molar-refractivity contribution in [2.45, 2.75) is 26.2 Å². The molecular formula is C10H14BrN3O. The molecule has 1 aliphatic rings. The van der Waals surface area contributed by atoms with E-state index < -0.39 is 0 Å². The SMILES string of the molecule is CC1CCCC1C(=O)c1c(Br)nnn1C. The molecule has 1 heterocycles. The zero-order valence-corrected chi connectivity index (χ0v) is 10.5. The van der Waals surface area contributed by atoms with Crippen LogP contribution in [-0.2, 0) is 7.05 Å². The number of aromatic nitrogens is 3. The number of carbonyl (C=O) groups excluding carboxylic acids is 1. The van der Waals surface area contributed by atoms with Crippen LogP contribution in [0.2, 0.25) is 0 Å². The molecule has 0 aliphatic heterocycles. The molecule has 1 aromatic rings. The molecule has 15 heavy (non-hydrogen) atoms. The number of nitrogens with zero attached hydrogens (tertiary/aromatic N) is 3. The molecule has 0 aromatic carbocycles. The lowest BCUT2D eigenvalue weighted by molar-refractivity contribution is 0.0886. The Morgan fingerprint density at radius 1 is 1.53 bits per heavy atom. The van der Waals surface area contributed by atoms with E-state index in [0.717, 1.165) is 19.3 Å². The van der Waals surface area contributed by atoms with Gasteiger partial charge in [-0.05, 0) is 34.7 Å². The maximum atomic E-state index is 12.2. The summed E-state index contributed by atoms with van der Waals surface area (Å²) in [6, 6.07) is 0. The van der Waals surface area contributed by atoms with E-state index in [1.165, 1.54) is 0 Å². The standard InChI is InChI=1S/C10H14BrN3O/c1-6-4-3-5-7(6)9(15)8-10(11)12-13-14(8)2/h6-7H,3-5H2,1-2H3. The average Bonchev–Trinajstić information content (AvgIpc) is 2.73.